The maximum Gasteiger partial charge on any atom is 0.165 e. The maximum absolute atomic E-state index is 5.62. The Kier molecular flexibility index (Phi) is 5.72. The van der Waals surface area contributed by atoms with Gasteiger partial charge in [-0.1, -0.05) is 25.0 Å². The largest absolute Gasteiger partial charge is 0.493 e. The van der Waals surface area contributed by atoms with Crippen LogP contribution in [0.4, 0.5) is 0 Å². The summed E-state index contributed by atoms with van der Waals surface area (Å²) in [6, 6.07) is 6.67. The summed E-state index contributed by atoms with van der Waals surface area (Å²) in [5.41, 5.74) is 1.17. The zero-order valence-electron chi connectivity index (χ0n) is 12.9. The summed E-state index contributed by atoms with van der Waals surface area (Å²) >= 11 is 0. The number of nitrogens with one attached hydrogen (secondary N) is 1. The molecule has 0 spiro atoms. The van der Waals surface area contributed by atoms with Crippen LogP contribution in [-0.4, -0.2) is 19.8 Å². The van der Waals surface area contributed by atoms with Gasteiger partial charge >= 0.3 is 0 Å². The van der Waals surface area contributed by atoms with Crippen molar-refractivity contribution in [3.05, 3.63) is 23.8 Å². The van der Waals surface area contributed by atoms with Crippen molar-refractivity contribution in [3.8, 4) is 11.5 Å². The van der Waals surface area contributed by atoms with Gasteiger partial charge in [0.05, 0.1) is 13.7 Å². The van der Waals surface area contributed by atoms with Gasteiger partial charge in [-0.25, -0.2) is 0 Å². The zero-order chi connectivity index (χ0) is 14.4. The molecule has 1 saturated carbocycles. The fourth-order valence-corrected chi connectivity index (χ4v) is 3.10. The van der Waals surface area contributed by atoms with Gasteiger partial charge in [-0.15, -0.1) is 0 Å². The van der Waals surface area contributed by atoms with E-state index in [0.717, 1.165) is 24.0 Å². The van der Waals surface area contributed by atoms with Crippen LogP contribution in [0.25, 0.3) is 0 Å². The zero-order valence-corrected chi connectivity index (χ0v) is 12.9. The highest BCUT2D eigenvalue weighted by Gasteiger charge is 2.21. The quantitative estimate of drug-likeness (QED) is 0.823. The molecule has 1 aliphatic carbocycles. The molecule has 0 saturated heterocycles. The molecule has 0 heterocycles. The van der Waals surface area contributed by atoms with Crippen LogP contribution in [-0.2, 0) is 6.54 Å². The van der Waals surface area contributed by atoms with E-state index >= 15 is 0 Å². The number of methoxy groups -OCH3 is 1. The Labute approximate surface area is 122 Å². The number of hydrogen-bond acceptors (Lipinski definition) is 3. The van der Waals surface area contributed by atoms with Gasteiger partial charge in [0.1, 0.15) is 0 Å². The molecule has 1 atom stereocenters. The molecule has 0 bridgehead atoms. The molecule has 1 fully saturated rings. The predicted molar refractivity (Wildman–Crippen MR) is 82.4 cm³/mol. The van der Waals surface area contributed by atoms with E-state index < -0.39 is 0 Å². The van der Waals surface area contributed by atoms with E-state index in [2.05, 4.69) is 18.3 Å². The smallest absolute Gasteiger partial charge is 0.165 e. The van der Waals surface area contributed by atoms with Gasteiger partial charge in [0, 0.05) is 18.2 Å². The monoisotopic (exact) mass is 277 g/mol. The lowest BCUT2D eigenvalue weighted by molar-refractivity contribution is 0.307. The minimum Gasteiger partial charge on any atom is -0.493 e. The van der Waals surface area contributed by atoms with Gasteiger partial charge in [0.15, 0.2) is 11.5 Å². The third-order valence-electron chi connectivity index (χ3n) is 4.29. The summed E-state index contributed by atoms with van der Waals surface area (Å²) in [6.45, 7) is 5.79. The lowest BCUT2D eigenvalue weighted by Crippen LogP contribution is -2.31. The van der Waals surface area contributed by atoms with E-state index in [1.807, 2.05) is 19.1 Å². The summed E-state index contributed by atoms with van der Waals surface area (Å²) in [7, 11) is 1.71. The second-order valence-corrected chi connectivity index (χ2v) is 5.60. The highest BCUT2D eigenvalue weighted by Crippen LogP contribution is 2.32. The van der Waals surface area contributed by atoms with Crippen molar-refractivity contribution in [3.63, 3.8) is 0 Å². The summed E-state index contributed by atoms with van der Waals surface area (Å²) in [4.78, 5) is 0. The summed E-state index contributed by atoms with van der Waals surface area (Å²) in [5.74, 6) is 2.53. The molecule has 1 aromatic carbocycles. The van der Waals surface area contributed by atoms with Crippen LogP contribution in [0.5, 0.6) is 11.5 Å². The van der Waals surface area contributed by atoms with Crippen molar-refractivity contribution in [1.82, 2.24) is 5.32 Å². The van der Waals surface area contributed by atoms with E-state index in [1.165, 1.54) is 31.2 Å². The Bertz CT molecular complexity index is 413. The SMILES string of the molecule is CCOc1cccc(CN[C@@H](C)C2CCCC2)c1OC. The summed E-state index contributed by atoms with van der Waals surface area (Å²) in [5, 5.41) is 3.65. The van der Waals surface area contributed by atoms with Crippen LogP contribution >= 0.6 is 0 Å². The molecule has 2 rings (SSSR count). The predicted octanol–water partition coefficient (Wildman–Crippen LogP) is 3.76. The maximum atomic E-state index is 5.62. The highest BCUT2D eigenvalue weighted by molar-refractivity contribution is 5.46. The molecule has 3 heteroatoms. The van der Waals surface area contributed by atoms with E-state index in [9.17, 15) is 0 Å². The Hall–Kier alpha value is -1.22. The third kappa shape index (κ3) is 3.66. The van der Waals surface area contributed by atoms with Crippen molar-refractivity contribution < 1.29 is 9.47 Å². The average molecular weight is 277 g/mol. The molecule has 0 radical (unpaired) electrons. The normalized spacial score (nSPS) is 17.1. The number of hydrogen-bond donors (Lipinski definition) is 1. The minimum atomic E-state index is 0.568. The lowest BCUT2D eigenvalue weighted by Gasteiger charge is -2.21. The molecule has 0 unspecified atom stereocenters. The van der Waals surface area contributed by atoms with Crippen LogP contribution in [0.15, 0.2) is 18.2 Å². The summed E-state index contributed by atoms with van der Waals surface area (Å²) < 4.78 is 11.1. The van der Waals surface area contributed by atoms with Gasteiger partial charge in [-0.05, 0) is 38.7 Å². The topological polar surface area (TPSA) is 30.5 Å². The van der Waals surface area contributed by atoms with Gasteiger partial charge in [-0.2, -0.15) is 0 Å². The van der Waals surface area contributed by atoms with Crippen LogP contribution in [0.1, 0.15) is 45.1 Å². The molecule has 20 heavy (non-hydrogen) atoms. The molecular weight excluding hydrogens is 250 g/mol. The standard InChI is InChI=1S/C17H27NO2/c1-4-20-16-11-7-10-15(17(16)19-3)12-18-13(2)14-8-5-6-9-14/h7,10-11,13-14,18H,4-6,8-9,12H2,1-3H3/t13-/m0/s1. The summed E-state index contributed by atoms with van der Waals surface area (Å²) in [6.07, 6.45) is 5.51. The number of ether oxygens (including phenoxy) is 2. The molecule has 1 aliphatic rings. The lowest BCUT2D eigenvalue weighted by atomic mass is 9.99. The Balaban J connectivity index is 1.99. The van der Waals surface area contributed by atoms with E-state index in [-0.39, 0.29) is 0 Å². The number of rotatable bonds is 7. The van der Waals surface area contributed by atoms with E-state index in [0.29, 0.717) is 12.6 Å². The number of para-hydroxylation sites is 1. The second-order valence-electron chi connectivity index (χ2n) is 5.60. The molecule has 0 aliphatic heterocycles. The molecule has 1 aromatic rings. The minimum absolute atomic E-state index is 0.568. The van der Waals surface area contributed by atoms with Crippen molar-refractivity contribution in [2.24, 2.45) is 5.92 Å². The first kappa shape index (κ1) is 15.2. The molecule has 112 valence electrons. The van der Waals surface area contributed by atoms with Gasteiger partial charge in [0.25, 0.3) is 0 Å². The van der Waals surface area contributed by atoms with Crippen molar-refractivity contribution in [2.75, 3.05) is 13.7 Å². The Morgan fingerprint density at radius 1 is 1.30 bits per heavy atom. The second kappa shape index (κ2) is 7.53. The van der Waals surface area contributed by atoms with Crippen molar-refractivity contribution >= 4 is 0 Å². The Morgan fingerprint density at radius 3 is 2.70 bits per heavy atom. The molecule has 3 nitrogen and oxygen atoms in total. The van der Waals surface area contributed by atoms with Crippen LogP contribution in [0.3, 0.4) is 0 Å². The van der Waals surface area contributed by atoms with Crippen molar-refractivity contribution in [2.45, 2.75) is 52.1 Å². The fourth-order valence-electron chi connectivity index (χ4n) is 3.10. The van der Waals surface area contributed by atoms with Crippen molar-refractivity contribution in [1.29, 1.82) is 0 Å². The first-order chi connectivity index (χ1) is 9.76. The fraction of sp³-hybridized carbons (Fsp3) is 0.647. The van der Waals surface area contributed by atoms with Crippen LogP contribution in [0, 0.1) is 5.92 Å². The van der Waals surface area contributed by atoms with Crippen LogP contribution in [0.2, 0.25) is 0 Å². The molecular formula is C17H27NO2. The third-order valence-corrected chi connectivity index (χ3v) is 4.29. The number of benzene rings is 1. The first-order valence-corrected chi connectivity index (χ1v) is 7.78. The Morgan fingerprint density at radius 2 is 2.05 bits per heavy atom. The van der Waals surface area contributed by atoms with E-state index in [4.69, 9.17) is 9.47 Å². The van der Waals surface area contributed by atoms with Gasteiger partial charge < -0.3 is 14.8 Å². The molecule has 0 aromatic heterocycles. The van der Waals surface area contributed by atoms with Gasteiger partial charge in [-0.3, -0.25) is 0 Å². The van der Waals surface area contributed by atoms with E-state index in [1.54, 1.807) is 7.11 Å². The van der Waals surface area contributed by atoms with Gasteiger partial charge in [0.2, 0.25) is 0 Å². The van der Waals surface area contributed by atoms with Crippen LogP contribution < -0.4 is 14.8 Å². The highest BCUT2D eigenvalue weighted by atomic mass is 16.5. The first-order valence-electron chi connectivity index (χ1n) is 7.78. The molecule has 0 amide bonds. The average Bonchev–Trinajstić information content (AvgIpc) is 2.99. The molecule has 1 N–H and O–H groups in total.